The Kier molecular flexibility index (Phi) is 7.90. The van der Waals surface area contributed by atoms with Crippen molar-refractivity contribution in [3.63, 3.8) is 0 Å². The third-order valence-electron chi connectivity index (χ3n) is 6.31. The molecule has 2 heterocycles. The Labute approximate surface area is 169 Å². The quantitative estimate of drug-likeness (QED) is 0.819. The lowest BCUT2D eigenvalue weighted by molar-refractivity contribution is -0.134. The molecule has 0 bridgehead atoms. The number of nitrogens with zero attached hydrogens (tertiary/aromatic N) is 2. The number of aryl methyl sites for hydroxylation is 1. The highest BCUT2D eigenvalue weighted by Gasteiger charge is 2.26. The van der Waals surface area contributed by atoms with Gasteiger partial charge in [-0.05, 0) is 56.2 Å². The maximum atomic E-state index is 12.8. The SMILES string of the molecule is CC(CC(=O)N1CCCN(C(=O)CCc2ccccc2)CC1)C1CCCNC1. The van der Waals surface area contributed by atoms with Gasteiger partial charge in [0.25, 0.3) is 0 Å². The van der Waals surface area contributed by atoms with Gasteiger partial charge in [0.05, 0.1) is 0 Å². The van der Waals surface area contributed by atoms with Gasteiger partial charge in [-0.3, -0.25) is 9.59 Å². The number of amides is 2. The highest BCUT2D eigenvalue weighted by atomic mass is 16.2. The molecule has 1 N–H and O–H groups in total. The first kappa shape index (κ1) is 20.8. The summed E-state index contributed by atoms with van der Waals surface area (Å²) in [5, 5.41) is 3.45. The van der Waals surface area contributed by atoms with Crippen molar-refractivity contribution in [2.24, 2.45) is 11.8 Å². The molecule has 2 saturated heterocycles. The van der Waals surface area contributed by atoms with Gasteiger partial charge in [-0.2, -0.15) is 0 Å². The van der Waals surface area contributed by atoms with Crippen LogP contribution in [0.3, 0.4) is 0 Å². The summed E-state index contributed by atoms with van der Waals surface area (Å²) >= 11 is 0. The Hall–Kier alpha value is -1.88. The first-order valence-corrected chi connectivity index (χ1v) is 10.9. The Balaban J connectivity index is 1.43. The molecule has 3 rings (SSSR count). The highest BCUT2D eigenvalue weighted by Crippen LogP contribution is 2.23. The lowest BCUT2D eigenvalue weighted by atomic mass is 9.85. The average molecular weight is 386 g/mol. The zero-order valence-corrected chi connectivity index (χ0v) is 17.2. The van der Waals surface area contributed by atoms with Gasteiger partial charge in [0, 0.05) is 39.0 Å². The van der Waals surface area contributed by atoms with Crippen LogP contribution in [-0.2, 0) is 16.0 Å². The summed E-state index contributed by atoms with van der Waals surface area (Å²) in [6.45, 7) is 7.24. The van der Waals surface area contributed by atoms with Gasteiger partial charge in [-0.15, -0.1) is 0 Å². The molecular weight excluding hydrogens is 350 g/mol. The van der Waals surface area contributed by atoms with E-state index < -0.39 is 0 Å². The maximum absolute atomic E-state index is 12.8. The van der Waals surface area contributed by atoms with E-state index in [0.29, 0.717) is 37.8 Å². The van der Waals surface area contributed by atoms with E-state index in [1.807, 2.05) is 28.0 Å². The van der Waals surface area contributed by atoms with Crippen molar-refractivity contribution in [1.29, 1.82) is 0 Å². The molecule has 154 valence electrons. The molecule has 0 saturated carbocycles. The van der Waals surface area contributed by atoms with Gasteiger partial charge >= 0.3 is 0 Å². The summed E-state index contributed by atoms with van der Waals surface area (Å²) in [4.78, 5) is 29.3. The third kappa shape index (κ3) is 6.06. The van der Waals surface area contributed by atoms with Gasteiger partial charge in [-0.25, -0.2) is 0 Å². The van der Waals surface area contributed by atoms with Crippen LogP contribution in [0.4, 0.5) is 0 Å². The van der Waals surface area contributed by atoms with E-state index in [1.54, 1.807) is 0 Å². The molecule has 0 aromatic heterocycles. The van der Waals surface area contributed by atoms with Crippen molar-refractivity contribution in [1.82, 2.24) is 15.1 Å². The molecule has 28 heavy (non-hydrogen) atoms. The van der Waals surface area contributed by atoms with Crippen molar-refractivity contribution < 1.29 is 9.59 Å². The van der Waals surface area contributed by atoms with E-state index in [4.69, 9.17) is 0 Å². The minimum absolute atomic E-state index is 0.208. The topological polar surface area (TPSA) is 52.7 Å². The average Bonchev–Trinajstić information content (AvgIpc) is 3.00. The largest absolute Gasteiger partial charge is 0.341 e. The molecule has 0 spiro atoms. The lowest BCUT2D eigenvalue weighted by Gasteiger charge is -2.30. The molecule has 2 fully saturated rings. The fourth-order valence-corrected chi connectivity index (χ4v) is 4.41. The maximum Gasteiger partial charge on any atom is 0.222 e. The second kappa shape index (κ2) is 10.6. The predicted molar refractivity (Wildman–Crippen MR) is 112 cm³/mol. The van der Waals surface area contributed by atoms with E-state index in [1.165, 1.54) is 18.4 Å². The summed E-state index contributed by atoms with van der Waals surface area (Å²) in [5.41, 5.74) is 1.20. The van der Waals surface area contributed by atoms with Gasteiger partial charge < -0.3 is 15.1 Å². The monoisotopic (exact) mass is 385 g/mol. The van der Waals surface area contributed by atoms with Crippen molar-refractivity contribution in [3.05, 3.63) is 35.9 Å². The van der Waals surface area contributed by atoms with Gasteiger partial charge in [0.15, 0.2) is 0 Å². The van der Waals surface area contributed by atoms with E-state index >= 15 is 0 Å². The Bertz CT molecular complexity index is 628. The smallest absolute Gasteiger partial charge is 0.222 e. The summed E-state index contributed by atoms with van der Waals surface area (Å²) in [6.07, 6.45) is 5.28. The van der Waals surface area contributed by atoms with Crippen LogP contribution in [0.5, 0.6) is 0 Å². The van der Waals surface area contributed by atoms with Crippen LogP contribution in [0.2, 0.25) is 0 Å². The van der Waals surface area contributed by atoms with Crippen LogP contribution in [-0.4, -0.2) is 60.9 Å². The molecule has 0 aliphatic carbocycles. The minimum atomic E-state index is 0.208. The number of hydrogen-bond acceptors (Lipinski definition) is 3. The Morgan fingerprint density at radius 3 is 2.43 bits per heavy atom. The van der Waals surface area contributed by atoms with Crippen molar-refractivity contribution in [3.8, 4) is 0 Å². The molecule has 5 nitrogen and oxygen atoms in total. The lowest BCUT2D eigenvalue weighted by Crippen LogP contribution is -2.39. The fourth-order valence-electron chi connectivity index (χ4n) is 4.41. The van der Waals surface area contributed by atoms with Crippen LogP contribution in [0, 0.1) is 11.8 Å². The number of piperidine rings is 1. The van der Waals surface area contributed by atoms with Crippen LogP contribution in [0.15, 0.2) is 30.3 Å². The molecule has 2 amide bonds. The number of rotatable bonds is 6. The third-order valence-corrected chi connectivity index (χ3v) is 6.31. The number of nitrogens with one attached hydrogen (secondary N) is 1. The summed E-state index contributed by atoms with van der Waals surface area (Å²) in [5.74, 6) is 1.50. The Morgan fingerprint density at radius 1 is 1.04 bits per heavy atom. The number of hydrogen-bond donors (Lipinski definition) is 1. The standard InChI is InChI=1S/C23H35N3O2/c1-19(21-9-5-12-24-18-21)17-23(28)26-14-6-13-25(15-16-26)22(27)11-10-20-7-3-2-4-8-20/h2-4,7-8,19,21,24H,5-6,9-18H2,1H3. The van der Waals surface area contributed by atoms with Gasteiger partial charge in [0.2, 0.25) is 11.8 Å². The summed E-state index contributed by atoms with van der Waals surface area (Å²) < 4.78 is 0. The zero-order valence-electron chi connectivity index (χ0n) is 17.2. The second-order valence-corrected chi connectivity index (χ2v) is 8.39. The molecule has 2 atom stereocenters. The molecule has 5 heteroatoms. The van der Waals surface area contributed by atoms with E-state index in [-0.39, 0.29) is 11.8 Å². The zero-order chi connectivity index (χ0) is 19.8. The number of benzene rings is 1. The molecular formula is C23H35N3O2. The number of carbonyl (C=O) groups excluding carboxylic acids is 2. The Morgan fingerprint density at radius 2 is 1.75 bits per heavy atom. The molecule has 1 aromatic carbocycles. The molecule has 2 unspecified atom stereocenters. The summed E-state index contributed by atoms with van der Waals surface area (Å²) in [6, 6.07) is 10.2. The first-order chi connectivity index (χ1) is 13.6. The molecule has 2 aliphatic heterocycles. The van der Waals surface area contributed by atoms with Gasteiger partial charge in [0.1, 0.15) is 0 Å². The van der Waals surface area contributed by atoms with Gasteiger partial charge in [-0.1, -0.05) is 37.3 Å². The van der Waals surface area contributed by atoms with Crippen molar-refractivity contribution >= 4 is 11.8 Å². The van der Waals surface area contributed by atoms with E-state index in [2.05, 4.69) is 24.4 Å². The van der Waals surface area contributed by atoms with Crippen LogP contribution < -0.4 is 5.32 Å². The van der Waals surface area contributed by atoms with Crippen LogP contribution >= 0.6 is 0 Å². The van der Waals surface area contributed by atoms with Crippen LogP contribution in [0.1, 0.15) is 44.6 Å². The molecule has 0 radical (unpaired) electrons. The van der Waals surface area contributed by atoms with E-state index in [0.717, 1.165) is 39.0 Å². The fraction of sp³-hybridized carbons (Fsp3) is 0.652. The molecule has 2 aliphatic rings. The van der Waals surface area contributed by atoms with E-state index in [9.17, 15) is 9.59 Å². The molecule has 1 aromatic rings. The highest BCUT2D eigenvalue weighted by molar-refractivity contribution is 5.78. The van der Waals surface area contributed by atoms with Crippen molar-refractivity contribution in [2.75, 3.05) is 39.3 Å². The van der Waals surface area contributed by atoms with Crippen molar-refractivity contribution in [2.45, 2.75) is 45.4 Å². The normalized spacial score (nSPS) is 21.8. The first-order valence-electron chi connectivity index (χ1n) is 10.9. The minimum Gasteiger partial charge on any atom is -0.341 e. The number of carbonyl (C=O) groups is 2. The summed E-state index contributed by atoms with van der Waals surface area (Å²) in [7, 11) is 0. The van der Waals surface area contributed by atoms with Crippen LogP contribution in [0.25, 0.3) is 0 Å². The second-order valence-electron chi connectivity index (χ2n) is 8.39. The predicted octanol–water partition coefficient (Wildman–Crippen LogP) is 2.71.